The number of nitrogens with two attached hydrogens (primary N) is 8. The SMILES string of the molecule is CN(CCCN(C)C[C@H](O)COC1C(O)C(N)CC(N)C1OC1OC(CN)C(O)C(O)C1N)C[C@H](O)COC1C(O)C(N)CC(N)C1OC1OC(CN)C(O)C(O)C1N. The predicted molar refractivity (Wildman–Crippen MR) is 209 cm³/mol. The van der Waals surface area contributed by atoms with Crippen LogP contribution >= 0.6 is 0 Å². The number of likely N-dealkylation sites (N-methyl/N-ethyl adjacent to an activating group) is 2. The molecule has 2 heterocycles. The van der Waals surface area contributed by atoms with Gasteiger partial charge in [0.1, 0.15) is 61.0 Å². The maximum Gasteiger partial charge on any atom is 0.176 e. The van der Waals surface area contributed by atoms with E-state index in [1.165, 1.54) is 0 Å². The maximum atomic E-state index is 10.9. The molecule has 0 bridgehead atoms. The van der Waals surface area contributed by atoms with E-state index in [9.17, 15) is 40.9 Å². The third kappa shape index (κ3) is 13.1. The lowest BCUT2D eigenvalue weighted by Crippen LogP contribution is -2.68. The van der Waals surface area contributed by atoms with Crippen LogP contribution in [-0.2, 0) is 28.4 Å². The molecule has 0 amide bonds. The second-order valence-corrected chi connectivity index (χ2v) is 16.8. The molecule has 2 saturated carbocycles. The molecule has 0 aromatic rings. The Morgan fingerprint density at radius 1 is 0.542 bits per heavy atom. The molecule has 24 heteroatoms. The van der Waals surface area contributed by atoms with Gasteiger partial charge in [0.2, 0.25) is 0 Å². The highest BCUT2D eigenvalue weighted by molar-refractivity contribution is 5.02. The summed E-state index contributed by atoms with van der Waals surface area (Å²) in [4.78, 5) is 3.79. The van der Waals surface area contributed by atoms with E-state index in [-0.39, 0.29) is 52.2 Å². The summed E-state index contributed by atoms with van der Waals surface area (Å²) in [7, 11) is 3.64. The van der Waals surface area contributed by atoms with Crippen molar-refractivity contribution in [1.29, 1.82) is 0 Å². The zero-order valence-electron chi connectivity index (χ0n) is 34.0. The Balaban J connectivity index is 1.20. The molecule has 59 heavy (non-hydrogen) atoms. The fraction of sp³-hybridized carbons (Fsp3) is 1.00. The molecule has 0 aromatic carbocycles. The monoisotopic (exact) mass is 859 g/mol. The van der Waals surface area contributed by atoms with E-state index in [1.807, 2.05) is 23.9 Å². The summed E-state index contributed by atoms with van der Waals surface area (Å²) in [6, 6.07) is -5.18. The summed E-state index contributed by atoms with van der Waals surface area (Å²) >= 11 is 0. The van der Waals surface area contributed by atoms with Crippen LogP contribution in [0.3, 0.4) is 0 Å². The molecule has 348 valence electrons. The van der Waals surface area contributed by atoms with Crippen LogP contribution in [0.1, 0.15) is 19.3 Å². The number of hydrogen-bond acceptors (Lipinski definition) is 24. The molecular weight excluding hydrogens is 784 g/mol. The quantitative estimate of drug-likeness (QED) is 0.0540. The molecule has 0 aromatic heterocycles. The highest BCUT2D eigenvalue weighted by Crippen LogP contribution is 2.30. The molecular formula is C35H74N10O14. The Kier molecular flexibility index (Phi) is 19.9. The molecule has 4 rings (SSSR count). The standard InChI is InChI=1S/C35H74N10O14/c1-44(10-14(46)12-54-32-24(48)16(38)6-18(40)30(32)58-34-22(42)28(52)26(50)20(8-36)56-34)4-3-5-45(2)11-15(47)13-55-33-25(49)17(39)7-19(41)31(33)59-35-23(43)29(53)27(51)21(9-37)57-35/h14-35,46-53H,3-13,36-43H2,1-2H3/t14-,15-,16?,17?,18?,19?,20?,21?,22?,23?,24?,25?,26?,27?,28?,29?,30?,31?,32?,33?,34?,35?/m0/s1. The van der Waals surface area contributed by atoms with Crippen LogP contribution in [0.2, 0.25) is 0 Å². The fourth-order valence-electron chi connectivity index (χ4n) is 8.19. The van der Waals surface area contributed by atoms with Crippen LogP contribution < -0.4 is 45.9 Å². The zero-order chi connectivity index (χ0) is 43.9. The lowest BCUT2D eigenvalue weighted by atomic mass is 9.84. The Hall–Kier alpha value is -0.960. The molecule has 24 N–H and O–H groups in total. The first-order valence-electron chi connectivity index (χ1n) is 20.4. The van der Waals surface area contributed by atoms with Gasteiger partial charge in [-0.3, -0.25) is 0 Å². The van der Waals surface area contributed by atoms with Gasteiger partial charge in [-0.2, -0.15) is 0 Å². The largest absolute Gasteiger partial charge is 0.389 e. The second-order valence-electron chi connectivity index (χ2n) is 16.8. The Morgan fingerprint density at radius 2 is 0.898 bits per heavy atom. The van der Waals surface area contributed by atoms with Crippen molar-refractivity contribution < 1.29 is 69.3 Å². The van der Waals surface area contributed by atoms with E-state index in [0.29, 0.717) is 19.5 Å². The Labute approximate surface area is 344 Å². The zero-order valence-corrected chi connectivity index (χ0v) is 34.0. The lowest BCUT2D eigenvalue weighted by Gasteiger charge is -2.47. The van der Waals surface area contributed by atoms with Crippen molar-refractivity contribution in [2.24, 2.45) is 45.9 Å². The minimum Gasteiger partial charge on any atom is -0.389 e. The van der Waals surface area contributed by atoms with E-state index >= 15 is 0 Å². The van der Waals surface area contributed by atoms with Gasteiger partial charge in [0.25, 0.3) is 0 Å². The van der Waals surface area contributed by atoms with E-state index < -0.39 is 134 Å². The van der Waals surface area contributed by atoms with Gasteiger partial charge in [-0.25, -0.2) is 0 Å². The first-order chi connectivity index (χ1) is 27.8. The Morgan fingerprint density at radius 3 is 1.24 bits per heavy atom. The van der Waals surface area contributed by atoms with Gasteiger partial charge in [-0.15, -0.1) is 0 Å². The number of aliphatic hydroxyl groups is 8. The summed E-state index contributed by atoms with van der Waals surface area (Å²) < 4.78 is 35.4. The second kappa shape index (κ2) is 23.1. The highest BCUT2D eigenvalue weighted by Gasteiger charge is 2.50. The molecule has 0 spiro atoms. The van der Waals surface area contributed by atoms with Gasteiger partial charge in [-0.1, -0.05) is 0 Å². The molecule has 4 aliphatic rings. The molecule has 2 aliphatic heterocycles. The average Bonchev–Trinajstić information content (AvgIpc) is 3.18. The molecule has 4 fully saturated rings. The van der Waals surface area contributed by atoms with Crippen molar-refractivity contribution >= 4 is 0 Å². The van der Waals surface area contributed by atoms with Crippen LogP contribution in [0, 0.1) is 0 Å². The van der Waals surface area contributed by atoms with Crippen molar-refractivity contribution in [2.45, 2.75) is 154 Å². The molecule has 2 saturated heterocycles. The van der Waals surface area contributed by atoms with Crippen molar-refractivity contribution in [3.63, 3.8) is 0 Å². The lowest BCUT2D eigenvalue weighted by molar-refractivity contribution is -0.292. The van der Waals surface area contributed by atoms with E-state index in [1.54, 1.807) is 0 Å². The van der Waals surface area contributed by atoms with Gasteiger partial charge < -0.3 is 125 Å². The van der Waals surface area contributed by atoms with Crippen LogP contribution in [0.4, 0.5) is 0 Å². The van der Waals surface area contributed by atoms with Crippen LogP contribution in [0.15, 0.2) is 0 Å². The molecule has 22 atom stereocenters. The van der Waals surface area contributed by atoms with E-state index in [0.717, 1.165) is 0 Å². The van der Waals surface area contributed by atoms with E-state index in [2.05, 4.69) is 0 Å². The predicted octanol–water partition coefficient (Wildman–Crippen LogP) is -10.2. The summed E-state index contributed by atoms with van der Waals surface area (Å²) in [5, 5.41) is 84.9. The molecule has 24 nitrogen and oxygen atoms in total. The molecule has 20 unspecified atom stereocenters. The van der Waals surface area contributed by atoms with Crippen LogP contribution in [0.5, 0.6) is 0 Å². The normalized spacial score (nSPS) is 44.5. The van der Waals surface area contributed by atoms with Gasteiger partial charge in [0, 0.05) is 50.3 Å². The maximum absolute atomic E-state index is 10.9. The first-order valence-corrected chi connectivity index (χ1v) is 20.4. The fourth-order valence-corrected chi connectivity index (χ4v) is 8.19. The number of nitrogens with zero attached hydrogens (tertiary/aromatic N) is 2. The van der Waals surface area contributed by atoms with Gasteiger partial charge >= 0.3 is 0 Å². The van der Waals surface area contributed by atoms with Gasteiger partial charge in [-0.05, 0) is 46.4 Å². The summed E-state index contributed by atoms with van der Waals surface area (Å²) in [5.41, 5.74) is 48.5. The summed E-state index contributed by atoms with van der Waals surface area (Å²) in [6.07, 6.45) is -17.2. The number of hydrogen-bond donors (Lipinski definition) is 16. The summed E-state index contributed by atoms with van der Waals surface area (Å²) in [5.74, 6) is 0. The van der Waals surface area contributed by atoms with Crippen molar-refractivity contribution in [1.82, 2.24) is 9.80 Å². The third-order valence-electron chi connectivity index (χ3n) is 11.8. The highest BCUT2D eigenvalue weighted by atomic mass is 16.7. The first kappa shape index (κ1) is 50.7. The molecule has 0 radical (unpaired) electrons. The average molecular weight is 859 g/mol. The van der Waals surface area contributed by atoms with Crippen molar-refractivity contribution in [2.75, 3.05) is 66.6 Å². The number of aliphatic hydroxyl groups excluding tert-OH is 8. The van der Waals surface area contributed by atoms with Crippen molar-refractivity contribution in [3.8, 4) is 0 Å². The number of rotatable bonds is 20. The van der Waals surface area contributed by atoms with Crippen LogP contribution in [-0.4, -0.2) is 252 Å². The van der Waals surface area contributed by atoms with Crippen molar-refractivity contribution in [3.05, 3.63) is 0 Å². The number of ether oxygens (including phenoxy) is 6. The van der Waals surface area contributed by atoms with Gasteiger partial charge in [0.15, 0.2) is 12.6 Å². The minimum absolute atomic E-state index is 0.108. The van der Waals surface area contributed by atoms with Gasteiger partial charge in [0.05, 0.1) is 49.7 Å². The summed E-state index contributed by atoms with van der Waals surface area (Å²) in [6.45, 7) is 0.961. The molecule has 2 aliphatic carbocycles. The van der Waals surface area contributed by atoms with Crippen LogP contribution in [0.25, 0.3) is 0 Å². The smallest absolute Gasteiger partial charge is 0.176 e. The van der Waals surface area contributed by atoms with E-state index in [4.69, 9.17) is 74.3 Å². The third-order valence-corrected chi connectivity index (χ3v) is 11.8. The Bertz CT molecular complexity index is 1140. The minimum atomic E-state index is -1.38. The topological polar surface area (TPSA) is 432 Å².